The molecule has 1 aliphatic rings. The highest BCUT2D eigenvalue weighted by Crippen LogP contribution is 2.48. The molecule has 1 aromatic carbocycles. The quantitative estimate of drug-likeness (QED) is 0.850. The molecule has 23 heavy (non-hydrogen) atoms. The maximum Gasteiger partial charge on any atom is 0.416 e. The molecule has 2 aromatic rings. The highest BCUT2D eigenvalue weighted by atomic mass is 19.4. The summed E-state index contributed by atoms with van der Waals surface area (Å²) in [5.41, 5.74) is -0.243. The fourth-order valence-corrected chi connectivity index (χ4v) is 2.49. The molecule has 0 radical (unpaired) electrons. The number of nitrogens with zero attached hydrogens (tertiary/aromatic N) is 1. The molecule has 1 amide bonds. The van der Waals surface area contributed by atoms with E-state index in [4.69, 9.17) is 0 Å². The summed E-state index contributed by atoms with van der Waals surface area (Å²) in [5, 5.41) is 12.0. The Morgan fingerprint density at radius 1 is 1.30 bits per heavy atom. The summed E-state index contributed by atoms with van der Waals surface area (Å²) in [5.74, 6) is -1.12. The van der Waals surface area contributed by atoms with Crippen molar-refractivity contribution in [2.75, 3.05) is 5.32 Å². The minimum Gasteiger partial charge on any atom is -0.506 e. The van der Waals surface area contributed by atoms with Gasteiger partial charge in [0.15, 0.2) is 0 Å². The second-order valence-electron chi connectivity index (χ2n) is 5.45. The first kappa shape index (κ1) is 15.3. The number of carbonyl (C=O) groups is 1. The number of phenols is 1. The normalized spacial score (nSPS) is 20.1. The van der Waals surface area contributed by atoms with Crippen molar-refractivity contribution in [3.05, 3.63) is 53.9 Å². The number of anilines is 1. The zero-order chi connectivity index (χ0) is 16.6. The molecule has 0 saturated heterocycles. The second kappa shape index (κ2) is 5.57. The summed E-state index contributed by atoms with van der Waals surface area (Å²) in [7, 11) is 0. The van der Waals surface area contributed by atoms with Gasteiger partial charge in [0.25, 0.3) is 0 Å². The van der Waals surface area contributed by atoms with E-state index in [0.717, 1.165) is 23.8 Å². The van der Waals surface area contributed by atoms with Crippen LogP contribution in [0.3, 0.4) is 0 Å². The van der Waals surface area contributed by atoms with Crippen LogP contribution in [0, 0.1) is 5.92 Å². The Hall–Kier alpha value is -2.57. The van der Waals surface area contributed by atoms with Crippen LogP contribution in [-0.2, 0) is 11.0 Å². The van der Waals surface area contributed by atoms with Crippen LogP contribution in [0.2, 0.25) is 0 Å². The van der Waals surface area contributed by atoms with Gasteiger partial charge in [-0.15, -0.1) is 0 Å². The van der Waals surface area contributed by atoms with Gasteiger partial charge in [0.2, 0.25) is 5.91 Å². The largest absolute Gasteiger partial charge is 0.506 e. The highest BCUT2D eigenvalue weighted by Gasteiger charge is 2.44. The molecule has 120 valence electrons. The monoisotopic (exact) mass is 322 g/mol. The molecule has 0 unspecified atom stereocenters. The molecule has 1 saturated carbocycles. The van der Waals surface area contributed by atoms with E-state index in [2.05, 4.69) is 10.3 Å². The number of rotatable bonds is 3. The van der Waals surface area contributed by atoms with Gasteiger partial charge in [-0.3, -0.25) is 9.78 Å². The molecule has 7 heteroatoms. The molecule has 2 N–H and O–H groups in total. The van der Waals surface area contributed by atoms with Gasteiger partial charge >= 0.3 is 6.18 Å². The van der Waals surface area contributed by atoms with Crippen LogP contribution in [0.4, 0.5) is 18.9 Å². The fraction of sp³-hybridized carbons (Fsp3) is 0.250. The van der Waals surface area contributed by atoms with Crippen LogP contribution < -0.4 is 5.32 Å². The van der Waals surface area contributed by atoms with Crippen molar-refractivity contribution in [3.63, 3.8) is 0 Å². The predicted molar refractivity (Wildman–Crippen MR) is 76.8 cm³/mol. The third-order valence-electron chi connectivity index (χ3n) is 3.82. The third kappa shape index (κ3) is 3.28. The van der Waals surface area contributed by atoms with Crippen molar-refractivity contribution in [3.8, 4) is 5.75 Å². The van der Waals surface area contributed by atoms with Gasteiger partial charge in [0.1, 0.15) is 5.75 Å². The lowest BCUT2D eigenvalue weighted by Crippen LogP contribution is -2.15. The lowest BCUT2D eigenvalue weighted by atomic mass is 10.1. The number of carbonyl (C=O) groups excluding carboxylic acids is 1. The predicted octanol–water partition coefficient (Wildman–Crippen LogP) is 3.55. The Bertz CT molecular complexity index is 732. The summed E-state index contributed by atoms with van der Waals surface area (Å²) >= 11 is 0. The summed E-state index contributed by atoms with van der Waals surface area (Å²) in [6.07, 6.45) is -0.635. The van der Waals surface area contributed by atoms with Crippen molar-refractivity contribution in [1.29, 1.82) is 0 Å². The number of alkyl halides is 3. The Morgan fingerprint density at radius 3 is 2.74 bits per heavy atom. The van der Waals surface area contributed by atoms with Gasteiger partial charge in [-0.05, 0) is 42.2 Å². The molecule has 1 aromatic heterocycles. The molecule has 1 heterocycles. The first-order chi connectivity index (χ1) is 10.9. The van der Waals surface area contributed by atoms with Crippen LogP contribution >= 0.6 is 0 Å². The van der Waals surface area contributed by atoms with Crippen LogP contribution in [0.15, 0.2) is 42.7 Å². The van der Waals surface area contributed by atoms with E-state index in [1.807, 2.05) is 6.07 Å². The van der Waals surface area contributed by atoms with Gasteiger partial charge in [-0.25, -0.2) is 0 Å². The van der Waals surface area contributed by atoms with Crippen LogP contribution in [-0.4, -0.2) is 16.0 Å². The lowest BCUT2D eigenvalue weighted by Gasteiger charge is -2.11. The number of aromatic hydroxyl groups is 1. The van der Waals surface area contributed by atoms with Crippen LogP contribution in [0.25, 0.3) is 0 Å². The molecule has 4 nitrogen and oxygen atoms in total. The topological polar surface area (TPSA) is 62.2 Å². The SMILES string of the molecule is O=C(Nc1cc(C(F)(F)F)ccc1O)[C@H]1C[C@@H]1c1cccnc1. The lowest BCUT2D eigenvalue weighted by molar-refractivity contribution is -0.137. The number of phenolic OH excluding ortho intramolecular Hbond substituents is 1. The van der Waals surface area contributed by atoms with Gasteiger partial charge in [0.05, 0.1) is 11.3 Å². The van der Waals surface area contributed by atoms with Crippen LogP contribution in [0.1, 0.15) is 23.5 Å². The maximum atomic E-state index is 12.7. The molecule has 0 bridgehead atoms. The van der Waals surface area contributed by atoms with Crippen molar-refractivity contribution in [1.82, 2.24) is 4.98 Å². The van der Waals surface area contributed by atoms with Crippen molar-refractivity contribution < 1.29 is 23.1 Å². The minimum absolute atomic E-state index is 0.0108. The Balaban J connectivity index is 1.72. The minimum atomic E-state index is -4.54. The van der Waals surface area contributed by atoms with Crippen molar-refractivity contribution in [2.45, 2.75) is 18.5 Å². The maximum absolute atomic E-state index is 12.7. The second-order valence-corrected chi connectivity index (χ2v) is 5.45. The number of amides is 1. The van der Waals surface area contributed by atoms with E-state index >= 15 is 0 Å². The highest BCUT2D eigenvalue weighted by molar-refractivity contribution is 5.96. The molecule has 0 aliphatic heterocycles. The average molecular weight is 322 g/mol. The van der Waals surface area contributed by atoms with E-state index in [9.17, 15) is 23.1 Å². The van der Waals surface area contributed by atoms with E-state index in [-0.39, 0.29) is 17.5 Å². The molecule has 2 atom stereocenters. The van der Waals surface area contributed by atoms with Crippen molar-refractivity contribution >= 4 is 11.6 Å². The number of halogens is 3. The summed E-state index contributed by atoms with van der Waals surface area (Å²) in [6, 6.07) is 6.03. The van der Waals surface area contributed by atoms with E-state index in [1.165, 1.54) is 0 Å². The Kier molecular flexibility index (Phi) is 3.71. The van der Waals surface area contributed by atoms with Crippen LogP contribution in [0.5, 0.6) is 5.75 Å². The Labute approximate surface area is 130 Å². The van der Waals surface area contributed by atoms with Gasteiger partial charge in [-0.2, -0.15) is 13.2 Å². The fourth-order valence-electron chi connectivity index (χ4n) is 2.49. The number of pyridine rings is 1. The van der Waals surface area contributed by atoms with Gasteiger partial charge in [0, 0.05) is 18.3 Å². The first-order valence-corrected chi connectivity index (χ1v) is 6.97. The van der Waals surface area contributed by atoms with Gasteiger partial charge < -0.3 is 10.4 Å². The third-order valence-corrected chi connectivity index (χ3v) is 3.82. The molecule has 1 fully saturated rings. The molecule has 0 spiro atoms. The number of nitrogens with one attached hydrogen (secondary N) is 1. The zero-order valence-electron chi connectivity index (χ0n) is 11.8. The molecular formula is C16H13F3N2O2. The van der Waals surface area contributed by atoms with Gasteiger partial charge in [-0.1, -0.05) is 6.07 Å². The number of hydrogen-bond donors (Lipinski definition) is 2. The van der Waals surface area contributed by atoms with Crippen molar-refractivity contribution in [2.24, 2.45) is 5.92 Å². The standard InChI is InChI=1S/C16H13F3N2O2/c17-16(18,19)10-3-4-14(22)13(6-10)21-15(23)12-7-11(12)9-2-1-5-20-8-9/h1-6,8,11-12,22H,7H2,(H,21,23)/t11-,12+/m1/s1. The summed E-state index contributed by atoms with van der Waals surface area (Å²) in [6.45, 7) is 0. The molecule has 1 aliphatic carbocycles. The summed E-state index contributed by atoms with van der Waals surface area (Å²) in [4.78, 5) is 16.1. The average Bonchev–Trinajstić information content (AvgIpc) is 3.30. The van der Waals surface area contributed by atoms with E-state index < -0.39 is 23.4 Å². The first-order valence-electron chi connectivity index (χ1n) is 6.97. The Morgan fingerprint density at radius 2 is 2.09 bits per heavy atom. The number of aromatic nitrogens is 1. The molecule has 3 rings (SSSR count). The summed E-state index contributed by atoms with van der Waals surface area (Å²) < 4.78 is 38.1. The van der Waals surface area contributed by atoms with E-state index in [1.54, 1.807) is 18.5 Å². The smallest absolute Gasteiger partial charge is 0.416 e. The molecular weight excluding hydrogens is 309 g/mol. The van der Waals surface area contributed by atoms with E-state index in [0.29, 0.717) is 6.42 Å². The number of hydrogen-bond acceptors (Lipinski definition) is 3. The zero-order valence-corrected chi connectivity index (χ0v) is 11.8. The number of benzene rings is 1.